The Hall–Kier alpha value is -2.95. The van der Waals surface area contributed by atoms with E-state index in [-0.39, 0.29) is 18.4 Å². The summed E-state index contributed by atoms with van der Waals surface area (Å²) in [5.41, 5.74) is 3.60. The van der Waals surface area contributed by atoms with Crippen molar-refractivity contribution in [1.29, 1.82) is 0 Å². The van der Waals surface area contributed by atoms with Crippen molar-refractivity contribution >= 4 is 23.1 Å². The molecule has 1 aliphatic heterocycles. The lowest BCUT2D eigenvalue weighted by Gasteiger charge is -2.23. The lowest BCUT2D eigenvalue weighted by Crippen LogP contribution is -2.24. The molecule has 0 fully saturated rings. The van der Waals surface area contributed by atoms with Crippen molar-refractivity contribution in [2.45, 2.75) is 12.3 Å². The van der Waals surface area contributed by atoms with E-state index in [0.717, 1.165) is 33.1 Å². The topological polar surface area (TPSA) is 80.0 Å². The number of nitrogens with zero attached hydrogens (tertiary/aromatic N) is 3. The number of fused-ring (bicyclic) bond motifs is 1. The predicted molar refractivity (Wildman–Crippen MR) is 99.8 cm³/mol. The van der Waals surface area contributed by atoms with Crippen LogP contribution >= 0.6 is 11.3 Å². The maximum Gasteiger partial charge on any atom is 0.226 e. The summed E-state index contributed by atoms with van der Waals surface area (Å²) in [6.07, 6.45) is 3.87. The highest BCUT2D eigenvalue weighted by molar-refractivity contribution is 7.10. The third-order valence-electron chi connectivity index (χ3n) is 4.29. The number of thiophene rings is 1. The van der Waals surface area contributed by atoms with Gasteiger partial charge in [0.15, 0.2) is 0 Å². The van der Waals surface area contributed by atoms with Crippen molar-refractivity contribution < 1.29 is 9.90 Å². The van der Waals surface area contributed by atoms with E-state index in [1.54, 1.807) is 28.4 Å². The molecule has 1 aliphatic rings. The van der Waals surface area contributed by atoms with Crippen LogP contribution in [0.3, 0.4) is 0 Å². The molecule has 0 unspecified atom stereocenters. The van der Waals surface area contributed by atoms with Gasteiger partial charge in [-0.1, -0.05) is 11.8 Å². The third-order valence-corrected chi connectivity index (χ3v) is 5.34. The van der Waals surface area contributed by atoms with Gasteiger partial charge in [0, 0.05) is 58.7 Å². The second-order valence-corrected chi connectivity index (χ2v) is 6.92. The van der Waals surface area contributed by atoms with Crippen LogP contribution < -0.4 is 5.32 Å². The van der Waals surface area contributed by atoms with E-state index in [2.05, 4.69) is 27.2 Å². The average molecular weight is 364 g/mol. The quantitative estimate of drug-likeness (QED) is 0.684. The molecule has 6 nitrogen and oxygen atoms in total. The van der Waals surface area contributed by atoms with Crippen LogP contribution in [-0.2, 0) is 11.8 Å². The third kappa shape index (κ3) is 2.90. The van der Waals surface area contributed by atoms with Crippen LogP contribution in [-0.4, -0.2) is 32.4 Å². The molecule has 0 spiro atoms. The number of aliphatic hydroxyl groups is 1. The smallest absolute Gasteiger partial charge is 0.226 e. The lowest BCUT2D eigenvalue weighted by molar-refractivity contribution is -0.116. The number of aryl methyl sites for hydroxylation is 1. The van der Waals surface area contributed by atoms with Crippen molar-refractivity contribution in [2.75, 3.05) is 11.9 Å². The van der Waals surface area contributed by atoms with Crippen molar-refractivity contribution in [3.8, 4) is 23.1 Å². The predicted octanol–water partition coefficient (Wildman–Crippen LogP) is 2.36. The van der Waals surface area contributed by atoms with E-state index in [4.69, 9.17) is 5.11 Å². The van der Waals surface area contributed by atoms with Crippen molar-refractivity contribution in [1.82, 2.24) is 14.8 Å². The highest BCUT2D eigenvalue weighted by Crippen LogP contribution is 2.44. The average Bonchev–Trinajstić information content (AvgIpc) is 3.25. The van der Waals surface area contributed by atoms with Crippen molar-refractivity contribution in [2.24, 2.45) is 7.05 Å². The molecule has 3 aromatic heterocycles. The fourth-order valence-electron chi connectivity index (χ4n) is 3.19. The van der Waals surface area contributed by atoms with Crippen molar-refractivity contribution in [3.63, 3.8) is 0 Å². The van der Waals surface area contributed by atoms with Gasteiger partial charge in [0.2, 0.25) is 5.91 Å². The van der Waals surface area contributed by atoms with Gasteiger partial charge in [-0.25, -0.2) is 0 Å². The summed E-state index contributed by atoms with van der Waals surface area (Å²) in [7, 11) is 1.83. The van der Waals surface area contributed by atoms with Gasteiger partial charge in [0.25, 0.3) is 0 Å². The number of nitrogens with one attached hydrogen (secondary N) is 1. The molecule has 3 aromatic rings. The van der Waals surface area contributed by atoms with Gasteiger partial charge in [-0.2, -0.15) is 5.10 Å². The number of amides is 1. The van der Waals surface area contributed by atoms with Crippen LogP contribution in [0.5, 0.6) is 0 Å². The lowest BCUT2D eigenvalue weighted by atomic mass is 9.88. The number of aliphatic hydroxyl groups excluding tert-OH is 1. The molecule has 0 aromatic carbocycles. The van der Waals surface area contributed by atoms with Crippen LogP contribution in [0.2, 0.25) is 0 Å². The van der Waals surface area contributed by atoms with Crippen LogP contribution in [0.4, 0.5) is 5.82 Å². The number of carbonyl (C=O) groups is 1. The Balaban J connectivity index is 1.84. The highest BCUT2D eigenvalue weighted by atomic mass is 32.1. The van der Waals surface area contributed by atoms with Gasteiger partial charge < -0.3 is 10.4 Å². The standard InChI is InChI=1S/C19H16N4O2S/c1-23-19-17(18(22-23)13-5-2-6-20-10-13)14(9-16(25)21-19)15-8-12(11-26-15)4-3-7-24/h2,5-6,8,10-11,14,24H,7,9H2,1H3,(H,21,25)/t14-/m1/s1. The fourth-order valence-corrected chi connectivity index (χ4v) is 4.14. The van der Waals surface area contributed by atoms with E-state index in [1.165, 1.54) is 0 Å². The van der Waals surface area contributed by atoms with Gasteiger partial charge in [0.1, 0.15) is 12.4 Å². The Morgan fingerprint density at radius 2 is 2.38 bits per heavy atom. The zero-order valence-corrected chi connectivity index (χ0v) is 14.9. The molecular weight excluding hydrogens is 348 g/mol. The minimum atomic E-state index is -0.172. The first-order valence-electron chi connectivity index (χ1n) is 8.12. The Labute approximate surface area is 154 Å². The first-order chi connectivity index (χ1) is 12.7. The second kappa shape index (κ2) is 6.75. The Morgan fingerprint density at radius 1 is 1.50 bits per heavy atom. The van der Waals surface area contributed by atoms with Gasteiger partial charge in [0.05, 0.1) is 5.69 Å². The summed E-state index contributed by atoms with van der Waals surface area (Å²) in [5.74, 6) is 6.19. The van der Waals surface area contributed by atoms with E-state index >= 15 is 0 Å². The summed E-state index contributed by atoms with van der Waals surface area (Å²) >= 11 is 1.57. The van der Waals surface area contributed by atoms with Crippen LogP contribution in [0.1, 0.15) is 28.3 Å². The summed E-state index contributed by atoms with van der Waals surface area (Å²) < 4.78 is 1.71. The molecule has 0 aliphatic carbocycles. The number of hydrogen-bond acceptors (Lipinski definition) is 5. The molecule has 0 saturated heterocycles. The maximum absolute atomic E-state index is 12.3. The Kier molecular flexibility index (Phi) is 4.29. The molecule has 0 saturated carbocycles. The van der Waals surface area contributed by atoms with Crippen LogP contribution in [0.15, 0.2) is 36.0 Å². The van der Waals surface area contributed by atoms with Crippen LogP contribution in [0.25, 0.3) is 11.3 Å². The Bertz CT molecular complexity index is 1030. The highest BCUT2D eigenvalue weighted by Gasteiger charge is 2.34. The summed E-state index contributed by atoms with van der Waals surface area (Å²) in [4.78, 5) is 17.5. The number of rotatable bonds is 2. The molecule has 2 N–H and O–H groups in total. The first kappa shape index (κ1) is 16.5. The van der Waals surface area contributed by atoms with E-state index in [1.807, 2.05) is 30.6 Å². The molecule has 1 atom stereocenters. The zero-order valence-electron chi connectivity index (χ0n) is 14.1. The monoisotopic (exact) mass is 364 g/mol. The molecule has 26 heavy (non-hydrogen) atoms. The van der Waals surface area contributed by atoms with E-state index < -0.39 is 0 Å². The van der Waals surface area contributed by atoms with Gasteiger partial charge in [-0.15, -0.1) is 11.3 Å². The summed E-state index contributed by atoms with van der Waals surface area (Å²) in [5, 5.41) is 18.4. The van der Waals surface area contributed by atoms with Gasteiger partial charge >= 0.3 is 0 Å². The SMILES string of the molecule is Cn1nc(-c2cccnc2)c2c1NC(=O)C[C@@H]2c1cc(C#CCO)cs1. The Morgan fingerprint density at radius 3 is 3.15 bits per heavy atom. The zero-order chi connectivity index (χ0) is 18.1. The van der Waals surface area contributed by atoms with E-state index in [0.29, 0.717) is 6.42 Å². The molecule has 4 heterocycles. The van der Waals surface area contributed by atoms with Gasteiger partial charge in [-0.3, -0.25) is 14.5 Å². The number of anilines is 1. The normalized spacial score (nSPS) is 15.8. The minimum Gasteiger partial charge on any atom is -0.384 e. The maximum atomic E-state index is 12.3. The minimum absolute atomic E-state index is 0.0281. The molecule has 7 heteroatoms. The summed E-state index contributed by atoms with van der Waals surface area (Å²) in [6.45, 7) is -0.172. The molecule has 0 radical (unpaired) electrons. The van der Waals surface area contributed by atoms with E-state index in [9.17, 15) is 4.79 Å². The molecule has 4 rings (SSSR count). The number of aromatic nitrogens is 3. The number of carbonyl (C=O) groups excluding carboxylic acids is 1. The fraction of sp³-hybridized carbons (Fsp3) is 0.211. The molecule has 0 bridgehead atoms. The van der Waals surface area contributed by atoms with Crippen LogP contribution in [0, 0.1) is 11.8 Å². The van der Waals surface area contributed by atoms with Gasteiger partial charge in [-0.05, 0) is 18.2 Å². The van der Waals surface area contributed by atoms with Crippen molar-refractivity contribution in [3.05, 3.63) is 52.0 Å². The first-order valence-corrected chi connectivity index (χ1v) is 9.00. The number of pyridine rings is 1. The second-order valence-electron chi connectivity index (χ2n) is 5.98. The molecule has 1 amide bonds. The summed E-state index contributed by atoms with van der Waals surface area (Å²) in [6, 6.07) is 5.83. The largest absolute Gasteiger partial charge is 0.384 e. The molecular formula is C19H16N4O2S. The molecule has 130 valence electrons. The number of hydrogen-bond donors (Lipinski definition) is 2.